The molecule has 0 aromatic heterocycles. The van der Waals surface area contributed by atoms with E-state index < -0.39 is 11.8 Å². The van der Waals surface area contributed by atoms with Gasteiger partial charge < -0.3 is 15.4 Å². The zero-order chi connectivity index (χ0) is 16.5. The highest BCUT2D eigenvalue weighted by Crippen LogP contribution is 2.21. The van der Waals surface area contributed by atoms with Gasteiger partial charge in [0.05, 0.1) is 12.7 Å². The van der Waals surface area contributed by atoms with Gasteiger partial charge in [0, 0.05) is 26.7 Å². The van der Waals surface area contributed by atoms with E-state index in [4.69, 9.17) is 4.74 Å². The first-order valence-corrected chi connectivity index (χ1v) is 8.09. The van der Waals surface area contributed by atoms with E-state index in [1.54, 1.807) is 0 Å². The van der Waals surface area contributed by atoms with Crippen LogP contribution in [0.1, 0.15) is 24.5 Å². The largest absolute Gasteiger partial charge is 0.371 e. The van der Waals surface area contributed by atoms with Crippen molar-refractivity contribution in [1.29, 1.82) is 0 Å². The average molecular weight is 319 g/mol. The molecule has 1 saturated heterocycles. The van der Waals surface area contributed by atoms with Gasteiger partial charge in [-0.05, 0) is 24.9 Å². The van der Waals surface area contributed by atoms with Crippen LogP contribution < -0.4 is 10.6 Å². The maximum atomic E-state index is 11.3. The van der Waals surface area contributed by atoms with Crippen LogP contribution in [0.2, 0.25) is 0 Å². The van der Waals surface area contributed by atoms with Gasteiger partial charge in [-0.15, -0.1) is 0 Å². The number of nitrogens with one attached hydrogen (secondary N) is 2. The van der Waals surface area contributed by atoms with Gasteiger partial charge in [0.2, 0.25) is 0 Å². The first-order valence-electron chi connectivity index (χ1n) is 8.09. The fourth-order valence-electron chi connectivity index (χ4n) is 2.63. The van der Waals surface area contributed by atoms with Gasteiger partial charge in [-0.3, -0.25) is 14.5 Å². The van der Waals surface area contributed by atoms with Crippen LogP contribution in [0.15, 0.2) is 30.3 Å². The van der Waals surface area contributed by atoms with Crippen LogP contribution in [-0.2, 0) is 14.3 Å². The molecular weight excluding hydrogens is 294 g/mol. The van der Waals surface area contributed by atoms with E-state index in [9.17, 15) is 9.59 Å². The molecule has 0 bridgehead atoms. The second-order valence-electron chi connectivity index (χ2n) is 5.61. The summed E-state index contributed by atoms with van der Waals surface area (Å²) in [5, 5.41) is 4.92. The Hall–Kier alpha value is -1.92. The molecule has 1 aliphatic heterocycles. The van der Waals surface area contributed by atoms with E-state index >= 15 is 0 Å². The molecule has 2 amide bonds. The van der Waals surface area contributed by atoms with Gasteiger partial charge in [0.15, 0.2) is 0 Å². The lowest BCUT2D eigenvalue weighted by Crippen LogP contribution is -2.40. The molecule has 1 atom stereocenters. The summed E-state index contributed by atoms with van der Waals surface area (Å²) in [5.41, 5.74) is 1.22. The van der Waals surface area contributed by atoms with E-state index in [2.05, 4.69) is 27.7 Å². The molecule has 23 heavy (non-hydrogen) atoms. The monoisotopic (exact) mass is 319 g/mol. The number of morpholine rings is 1. The van der Waals surface area contributed by atoms with Gasteiger partial charge in [0.1, 0.15) is 0 Å². The Bertz CT molecular complexity index is 507. The van der Waals surface area contributed by atoms with Gasteiger partial charge in [-0.2, -0.15) is 0 Å². The van der Waals surface area contributed by atoms with Crippen molar-refractivity contribution in [2.24, 2.45) is 0 Å². The summed E-state index contributed by atoms with van der Waals surface area (Å²) < 4.78 is 5.85. The lowest BCUT2D eigenvalue weighted by Gasteiger charge is -2.33. The van der Waals surface area contributed by atoms with Crippen LogP contribution in [-0.4, -0.2) is 56.5 Å². The molecule has 6 nitrogen and oxygen atoms in total. The number of carbonyl (C=O) groups excluding carboxylic acids is 2. The van der Waals surface area contributed by atoms with E-state index in [0.29, 0.717) is 6.54 Å². The lowest BCUT2D eigenvalue weighted by atomic mass is 10.1. The van der Waals surface area contributed by atoms with Crippen molar-refractivity contribution < 1.29 is 14.3 Å². The van der Waals surface area contributed by atoms with Gasteiger partial charge in [0.25, 0.3) is 0 Å². The molecule has 1 aromatic carbocycles. The summed E-state index contributed by atoms with van der Waals surface area (Å²) in [4.78, 5) is 24.7. The summed E-state index contributed by atoms with van der Waals surface area (Å²) in [6.45, 7) is 4.08. The second kappa shape index (κ2) is 9.27. The molecule has 0 spiro atoms. The minimum atomic E-state index is -0.594. The fraction of sp³-hybridized carbons (Fsp3) is 0.529. The Labute approximate surface area is 137 Å². The molecule has 6 heteroatoms. The first kappa shape index (κ1) is 17.4. The Morgan fingerprint density at radius 2 is 2.00 bits per heavy atom. The highest BCUT2D eigenvalue weighted by Gasteiger charge is 2.21. The van der Waals surface area contributed by atoms with Gasteiger partial charge in [-0.25, -0.2) is 0 Å². The zero-order valence-electron chi connectivity index (χ0n) is 13.6. The maximum absolute atomic E-state index is 11.3. The smallest absolute Gasteiger partial charge is 0.309 e. The minimum absolute atomic E-state index is 0.137. The molecule has 1 aliphatic rings. The number of carbonyl (C=O) groups is 2. The molecule has 0 aliphatic carbocycles. The summed E-state index contributed by atoms with van der Waals surface area (Å²) in [6, 6.07) is 10.3. The molecular formula is C17H25N3O3. The van der Waals surface area contributed by atoms with E-state index in [0.717, 1.165) is 39.1 Å². The molecule has 2 rings (SSSR count). The SMILES string of the molecule is CNC(=O)C(=O)NCCCCN1CCOC(c2ccccc2)C1. The molecule has 0 radical (unpaired) electrons. The summed E-state index contributed by atoms with van der Waals surface area (Å²) in [7, 11) is 1.45. The number of benzene rings is 1. The van der Waals surface area contributed by atoms with Crippen molar-refractivity contribution in [2.45, 2.75) is 18.9 Å². The number of amides is 2. The van der Waals surface area contributed by atoms with Crippen LogP contribution >= 0.6 is 0 Å². The molecule has 1 aromatic rings. The molecule has 126 valence electrons. The van der Waals surface area contributed by atoms with Crippen LogP contribution in [0.3, 0.4) is 0 Å². The van der Waals surface area contributed by atoms with Crippen molar-refractivity contribution in [3.05, 3.63) is 35.9 Å². The number of likely N-dealkylation sites (N-methyl/N-ethyl adjacent to an activating group) is 1. The van der Waals surface area contributed by atoms with Crippen LogP contribution in [0.25, 0.3) is 0 Å². The Balaban J connectivity index is 1.64. The predicted molar refractivity (Wildman–Crippen MR) is 87.9 cm³/mol. The first-order chi connectivity index (χ1) is 11.2. The van der Waals surface area contributed by atoms with Crippen molar-refractivity contribution in [3.8, 4) is 0 Å². The third-order valence-corrected chi connectivity index (χ3v) is 3.94. The summed E-state index contributed by atoms with van der Waals surface area (Å²) >= 11 is 0. The van der Waals surface area contributed by atoms with Crippen LogP contribution in [0, 0.1) is 0 Å². The summed E-state index contributed by atoms with van der Waals surface area (Å²) in [5.74, 6) is -1.16. The van der Waals surface area contributed by atoms with Crippen molar-refractivity contribution >= 4 is 11.8 Å². The average Bonchev–Trinajstić information content (AvgIpc) is 2.61. The van der Waals surface area contributed by atoms with Gasteiger partial charge in [-0.1, -0.05) is 30.3 Å². The van der Waals surface area contributed by atoms with E-state index in [1.165, 1.54) is 12.6 Å². The molecule has 2 N–H and O–H groups in total. The number of ether oxygens (including phenoxy) is 1. The van der Waals surface area contributed by atoms with E-state index in [-0.39, 0.29) is 6.10 Å². The standard InChI is InChI=1S/C17H25N3O3/c1-18-16(21)17(22)19-9-5-6-10-20-11-12-23-15(13-20)14-7-3-2-4-8-14/h2-4,7-8,15H,5-6,9-13H2,1H3,(H,18,21)(H,19,22). The number of nitrogens with zero attached hydrogens (tertiary/aromatic N) is 1. The van der Waals surface area contributed by atoms with Gasteiger partial charge >= 0.3 is 11.8 Å². The second-order valence-corrected chi connectivity index (χ2v) is 5.61. The zero-order valence-corrected chi connectivity index (χ0v) is 13.6. The Kier molecular flexibility index (Phi) is 7.03. The molecule has 1 unspecified atom stereocenters. The quantitative estimate of drug-likeness (QED) is 0.598. The topological polar surface area (TPSA) is 70.7 Å². The van der Waals surface area contributed by atoms with Crippen LogP contribution in [0.4, 0.5) is 0 Å². The molecule has 0 saturated carbocycles. The normalized spacial score (nSPS) is 18.4. The molecule has 1 fully saturated rings. The highest BCUT2D eigenvalue weighted by atomic mass is 16.5. The van der Waals surface area contributed by atoms with Crippen molar-refractivity contribution in [3.63, 3.8) is 0 Å². The predicted octanol–water partition coefficient (Wildman–Crippen LogP) is 0.702. The number of hydrogen-bond acceptors (Lipinski definition) is 4. The Morgan fingerprint density at radius 3 is 2.74 bits per heavy atom. The summed E-state index contributed by atoms with van der Waals surface area (Å²) in [6.07, 6.45) is 1.98. The maximum Gasteiger partial charge on any atom is 0.309 e. The van der Waals surface area contributed by atoms with Crippen LogP contribution in [0.5, 0.6) is 0 Å². The third-order valence-electron chi connectivity index (χ3n) is 3.94. The van der Waals surface area contributed by atoms with E-state index in [1.807, 2.05) is 18.2 Å². The fourth-order valence-corrected chi connectivity index (χ4v) is 2.63. The molecule has 1 heterocycles. The number of rotatable bonds is 6. The van der Waals surface area contributed by atoms with Crippen molar-refractivity contribution in [1.82, 2.24) is 15.5 Å². The lowest BCUT2D eigenvalue weighted by molar-refractivity contribution is -0.138. The Morgan fingerprint density at radius 1 is 1.22 bits per heavy atom. The van der Waals surface area contributed by atoms with Crippen molar-refractivity contribution in [2.75, 3.05) is 39.8 Å². The third kappa shape index (κ3) is 5.65. The number of unbranched alkanes of at least 4 members (excludes halogenated alkanes) is 1. The number of hydrogen-bond donors (Lipinski definition) is 2. The minimum Gasteiger partial charge on any atom is -0.371 e. The highest BCUT2D eigenvalue weighted by molar-refractivity contribution is 6.34.